The fourth-order valence-electron chi connectivity index (χ4n) is 1.32. The molecule has 0 saturated carbocycles. The van der Waals surface area contributed by atoms with Gasteiger partial charge < -0.3 is 10.4 Å². The van der Waals surface area contributed by atoms with E-state index in [1.54, 1.807) is 6.07 Å². The predicted octanol–water partition coefficient (Wildman–Crippen LogP) is 2.10. The van der Waals surface area contributed by atoms with Gasteiger partial charge in [0.15, 0.2) is 0 Å². The van der Waals surface area contributed by atoms with Gasteiger partial charge in [-0.1, -0.05) is 30.4 Å². The van der Waals surface area contributed by atoms with Crippen LogP contribution in [0.1, 0.15) is 12.0 Å². The van der Waals surface area contributed by atoms with Crippen molar-refractivity contribution in [3.05, 3.63) is 42.0 Å². The molecule has 0 aliphatic rings. The van der Waals surface area contributed by atoms with Gasteiger partial charge in [-0.15, -0.1) is 0 Å². The Labute approximate surface area is 85.3 Å². The Bertz CT molecular complexity index is 307. The van der Waals surface area contributed by atoms with Gasteiger partial charge in [0, 0.05) is 0 Å². The van der Waals surface area contributed by atoms with E-state index >= 15 is 0 Å². The van der Waals surface area contributed by atoms with E-state index in [1.165, 1.54) is 0 Å². The quantitative estimate of drug-likeness (QED) is 0.698. The Morgan fingerprint density at radius 2 is 2.14 bits per heavy atom. The minimum atomic E-state index is 0.359. The van der Waals surface area contributed by atoms with Gasteiger partial charge in [0.1, 0.15) is 5.75 Å². The molecule has 1 aromatic carbocycles. The van der Waals surface area contributed by atoms with Crippen LogP contribution in [0.5, 0.6) is 5.75 Å². The standard InChI is InChI=1S/C12H17NO/c1-10(7-8-13-2)9-11-5-3-4-6-12(11)14/h3-6,13-14H,1,7-9H2,2H3. The molecule has 2 nitrogen and oxygen atoms in total. The van der Waals surface area contributed by atoms with E-state index in [0.717, 1.165) is 30.5 Å². The predicted molar refractivity (Wildman–Crippen MR) is 59.5 cm³/mol. The fraction of sp³-hybridized carbons (Fsp3) is 0.333. The minimum absolute atomic E-state index is 0.359. The lowest BCUT2D eigenvalue weighted by Crippen LogP contribution is -2.08. The van der Waals surface area contributed by atoms with Crippen LogP contribution in [0.4, 0.5) is 0 Å². The zero-order chi connectivity index (χ0) is 10.4. The van der Waals surface area contributed by atoms with Gasteiger partial charge in [-0.2, -0.15) is 0 Å². The first-order chi connectivity index (χ1) is 6.74. The molecule has 2 N–H and O–H groups in total. The summed E-state index contributed by atoms with van der Waals surface area (Å²) in [4.78, 5) is 0. The minimum Gasteiger partial charge on any atom is -0.508 e. The molecule has 0 aromatic heterocycles. The molecule has 0 atom stereocenters. The number of rotatable bonds is 5. The summed E-state index contributed by atoms with van der Waals surface area (Å²) in [7, 11) is 1.92. The smallest absolute Gasteiger partial charge is 0.119 e. The molecule has 0 radical (unpaired) electrons. The van der Waals surface area contributed by atoms with Gasteiger partial charge in [-0.25, -0.2) is 0 Å². The highest BCUT2D eigenvalue weighted by atomic mass is 16.3. The van der Waals surface area contributed by atoms with Crippen molar-refractivity contribution >= 4 is 0 Å². The molecular weight excluding hydrogens is 174 g/mol. The van der Waals surface area contributed by atoms with Crippen LogP contribution < -0.4 is 5.32 Å². The van der Waals surface area contributed by atoms with Gasteiger partial charge in [0.25, 0.3) is 0 Å². The van der Waals surface area contributed by atoms with Crippen molar-refractivity contribution in [3.8, 4) is 5.75 Å². The number of phenolic OH excluding ortho intramolecular Hbond substituents is 1. The van der Waals surface area contributed by atoms with Crippen LogP contribution in [0.15, 0.2) is 36.4 Å². The van der Waals surface area contributed by atoms with Crippen molar-refractivity contribution in [2.45, 2.75) is 12.8 Å². The van der Waals surface area contributed by atoms with E-state index in [-0.39, 0.29) is 0 Å². The third-order valence-corrected chi connectivity index (χ3v) is 2.16. The van der Waals surface area contributed by atoms with Crippen molar-refractivity contribution < 1.29 is 5.11 Å². The lowest BCUT2D eigenvalue weighted by atomic mass is 10.0. The van der Waals surface area contributed by atoms with Crippen LogP contribution in [-0.4, -0.2) is 18.7 Å². The molecule has 0 amide bonds. The maximum absolute atomic E-state index is 9.53. The number of hydrogen-bond acceptors (Lipinski definition) is 2. The maximum atomic E-state index is 9.53. The molecule has 0 saturated heterocycles. The van der Waals surface area contributed by atoms with Crippen LogP contribution in [0, 0.1) is 0 Å². The van der Waals surface area contributed by atoms with Gasteiger partial charge in [-0.05, 0) is 38.1 Å². The molecule has 76 valence electrons. The van der Waals surface area contributed by atoms with E-state index in [4.69, 9.17) is 0 Å². The van der Waals surface area contributed by atoms with E-state index < -0.39 is 0 Å². The van der Waals surface area contributed by atoms with Crippen molar-refractivity contribution in [3.63, 3.8) is 0 Å². The Morgan fingerprint density at radius 3 is 2.79 bits per heavy atom. The molecule has 0 bridgehead atoms. The van der Waals surface area contributed by atoms with Gasteiger partial charge in [0.2, 0.25) is 0 Å². The number of benzene rings is 1. The third kappa shape index (κ3) is 3.23. The second-order valence-electron chi connectivity index (χ2n) is 3.41. The van der Waals surface area contributed by atoms with Crippen LogP contribution >= 0.6 is 0 Å². The molecule has 0 fully saturated rings. The van der Waals surface area contributed by atoms with Crippen LogP contribution in [-0.2, 0) is 6.42 Å². The summed E-state index contributed by atoms with van der Waals surface area (Å²) >= 11 is 0. The van der Waals surface area contributed by atoms with Crippen LogP contribution in [0.25, 0.3) is 0 Å². The Kier molecular flexibility index (Phi) is 4.20. The lowest BCUT2D eigenvalue weighted by Gasteiger charge is -2.06. The molecule has 0 unspecified atom stereocenters. The van der Waals surface area contributed by atoms with Crippen molar-refractivity contribution in [1.82, 2.24) is 5.32 Å². The zero-order valence-electron chi connectivity index (χ0n) is 8.59. The first-order valence-corrected chi connectivity index (χ1v) is 4.82. The largest absolute Gasteiger partial charge is 0.508 e. The zero-order valence-corrected chi connectivity index (χ0v) is 8.59. The first-order valence-electron chi connectivity index (χ1n) is 4.82. The van der Waals surface area contributed by atoms with Crippen molar-refractivity contribution in [2.75, 3.05) is 13.6 Å². The average molecular weight is 191 g/mol. The number of aromatic hydroxyl groups is 1. The van der Waals surface area contributed by atoms with E-state index in [2.05, 4.69) is 11.9 Å². The molecule has 1 rings (SSSR count). The number of hydrogen-bond donors (Lipinski definition) is 2. The Morgan fingerprint density at radius 1 is 1.43 bits per heavy atom. The highest BCUT2D eigenvalue weighted by Crippen LogP contribution is 2.19. The summed E-state index contributed by atoms with van der Waals surface area (Å²) in [5.41, 5.74) is 2.09. The average Bonchev–Trinajstić information content (AvgIpc) is 2.18. The molecule has 0 heterocycles. The number of nitrogens with one attached hydrogen (secondary N) is 1. The maximum Gasteiger partial charge on any atom is 0.119 e. The van der Waals surface area contributed by atoms with Gasteiger partial charge in [0.05, 0.1) is 0 Å². The lowest BCUT2D eigenvalue weighted by molar-refractivity contribution is 0.469. The van der Waals surface area contributed by atoms with Crippen molar-refractivity contribution in [1.29, 1.82) is 0 Å². The topological polar surface area (TPSA) is 32.3 Å². The highest BCUT2D eigenvalue weighted by molar-refractivity contribution is 5.34. The summed E-state index contributed by atoms with van der Waals surface area (Å²) < 4.78 is 0. The fourth-order valence-corrected chi connectivity index (χ4v) is 1.32. The second kappa shape index (κ2) is 5.45. The second-order valence-corrected chi connectivity index (χ2v) is 3.41. The summed E-state index contributed by atoms with van der Waals surface area (Å²) in [5, 5.41) is 12.6. The molecule has 0 aliphatic heterocycles. The Hall–Kier alpha value is -1.28. The SMILES string of the molecule is C=C(CCNC)Cc1ccccc1O. The monoisotopic (exact) mass is 191 g/mol. The molecule has 2 heteroatoms. The molecule has 1 aromatic rings. The summed E-state index contributed by atoms with van der Waals surface area (Å²) in [6.07, 6.45) is 1.71. The normalized spacial score (nSPS) is 10.1. The number of phenols is 1. The van der Waals surface area contributed by atoms with E-state index in [9.17, 15) is 5.11 Å². The van der Waals surface area contributed by atoms with E-state index in [1.807, 2.05) is 25.2 Å². The molecule has 0 spiro atoms. The van der Waals surface area contributed by atoms with E-state index in [0.29, 0.717) is 5.75 Å². The summed E-state index contributed by atoms with van der Waals surface area (Å²) in [6, 6.07) is 7.40. The Balaban J connectivity index is 2.52. The summed E-state index contributed by atoms with van der Waals surface area (Å²) in [6.45, 7) is 4.91. The van der Waals surface area contributed by atoms with Gasteiger partial charge >= 0.3 is 0 Å². The summed E-state index contributed by atoms with van der Waals surface area (Å²) in [5.74, 6) is 0.359. The van der Waals surface area contributed by atoms with Crippen LogP contribution in [0.2, 0.25) is 0 Å². The molecule has 14 heavy (non-hydrogen) atoms. The first kappa shape index (κ1) is 10.8. The third-order valence-electron chi connectivity index (χ3n) is 2.16. The van der Waals surface area contributed by atoms with Crippen molar-refractivity contribution in [2.24, 2.45) is 0 Å². The number of para-hydroxylation sites is 1. The molecule has 0 aliphatic carbocycles. The van der Waals surface area contributed by atoms with Crippen LogP contribution in [0.3, 0.4) is 0 Å². The highest BCUT2D eigenvalue weighted by Gasteiger charge is 2.01. The van der Waals surface area contributed by atoms with Gasteiger partial charge in [-0.3, -0.25) is 0 Å². The molecular formula is C12H17NO.